The second-order valence-electron chi connectivity index (χ2n) is 6.83. The molecule has 6 nitrogen and oxygen atoms in total. The van der Waals surface area contributed by atoms with Crippen molar-refractivity contribution < 1.29 is 14.3 Å². The Morgan fingerprint density at radius 3 is 2.63 bits per heavy atom. The van der Waals surface area contributed by atoms with Gasteiger partial charge < -0.3 is 10.1 Å². The lowest BCUT2D eigenvalue weighted by atomic mass is 9.79. The Kier molecular flexibility index (Phi) is 6.98. The summed E-state index contributed by atoms with van der Waals surface area (Å²) in [6.07, 6.45) is 2.26. The highest BCUT2D eigenvalue weighted by Crippen LogP contribution is 2.41. The molecule has 1 N–H and O–H groups in total. The predicted octanol–water partition coefficient (Wildman–Crippen LogP) is 3.60. The molecule has 0 aromatic heterocycles. The van der Waals surface area contributed by atoms with Gasteiger partial charge in [-0.2, -0.15) is 5.26 Å². The molecule has 0 radical (unpaired) electrons. The fraction of sp³-hybridized carbons (Fsp3) is 0.500. The Morgan fingerprint density at radius 1 is 1.41 bits per heavy atom. The van der Waals surface area contributed by atoms with Crippen LogP contribution in [-0.4, -0.2) is 30.7 Å². The van der Waals surface area contributed by atoms with Crippen molar-refractivity contribution in [2.24, 2.45) is 10.4 Å². The summed E-state index contributed by atoms with van der Waals surface area (Å²) in [5.74, 6) is -0.902. The Morgan fingerprint density at radius 2 is 2.07 bits per heavy atom. The van der Waals surface area contributed by atoms with Crippen LogP contribution in [0, 0.1) is 16.7 Å². The van der Waals surface area contributed by atoms with E-state index in [0.717, 1.165) is 17.7 Å². The number of hydrogen-bond acceptors (Lipinski definition) is 5. The van der Waals surface area contributed by atoms with E-state index in [1.165, 1.54) is 14.0 Å². The number of esters is 1. The first-order chi connectivity index (χ1) is 12.8. The second-order valence-corrected chi connectivity index (χ2v) is 7.27. The Balaban J connectivity index is 2.30. The van der Waals surface area contributed by atoms with E-state index in [1.807, 2.05) is 31.2 Å². The third kappa shape index (κ3) is 5.08. The van der Waals surface area contributed by atoms with Crippen LogP contribution in [-0.2, 0) is 14.3 Å². The van der Waals surface area contributed by atoms with Crippen LogP contribution in [0.5, 0.6) is 0 Å². The summed E-state index contributed by atoms with van der Waals surface area (Å²) in [6, 6.07) is 8.79. The van der Waals surface area contributed by atoms with E-state index >= 15 is 0 Å². The molecule has 1 fully saturated rings. The third-order valence-corrected chi connectivity index (χ3v) is 5.15. The van der Waals surface area contributed by atoms with E-state index in [-0.39, 0.29) is 18.4 Å². The number of halogens is 1. The summed E-state index contributed by atoms with van der Waals surface area (Å²) in [6.45, 7) is 3.30. The number of nitrogens with one attached hydrogen (secondary N) is 1. The van der Waals surface area contributed by atoms with Crippen molar-refractivity contribution in [1.29, 1.82) is 5.26 Å². The predicted molar refractivity (Wildman–Crippen MR) is 103 cm³/mol. The molecule has 144 valence electrons. The number of nitriles is 1. The summed E-state index contributed by atoms with van der Waals surface area (Å²) in [4.78, 5) is 28.4. The number of rotatable bonds is 6. The highest BCUT2D eigenvalue weighted by Gasteiger charge is 2.44. The molecule has 2 rings (SSSR count). The topological polar surface area (TPSA) is 91.6 Å². The average Bonchev–Trinajstić information content (AvgIpc) is 3.03. The quantitative estimate of drug-likeness (QED) is 0.752. The largest absolute Gasteiger partial charge is 0.467 e. The van der Waals surface area contributed by atoms with Crippen LogP contribution in [0.2, 0.25) is 5.02 Å². The van der Waals surface area contributed by atoms with Crippen molar-refractivity contribution in [3.63, 3.8) is 0 Å². The number of aliphatic imine (C=N–C) groups is 1. The van der Waals surface area contributed by atoms with Gasteiger partial charge in [-0.1, -0.05) is 23.7 Å². The molecule has 0 heterocycles. The van der Waals surface area contributed by atoms with Gasteiger partial charge >= 0.3 is 5.97 Å². The molecule has 1 aromatic carbocycles. The Hall–Kier alpha value is -2.39. The second kappa shape index (κ2) is 9.01. The number of nitrogens with zero attached hydrogens (tertiary/aromatic N) is 2. The van der Waals surface area contributed by atoms with Gasteiger partial charge in [0, 0.05) is 24.1 Å². The van der Waals surface area contributed by atoms with E-state index in [9.17, 15) is 14.9 Å². The minimum atomic E-state index is -0.887. The van der Waals surface area contributed by atoms with Gasteiger partial charge in [0.05, 0.1) is 24.6 Å². The lowest BCUT2D eigenvalue weighted by Gasteiger charge is -2.27. The molecule has 7 heteroatoms. The van der Waals surface area contributed by atoms with E-state index in [2.05, 4.69) is 11.4 Å². The van der Waals surface area contributed by atoms with Gasteiger partial charge in [-0.05, 0) is 43.9 Å². The Labute approximate surface area is 164 Å². The molecular formula is C20H24ClN3O3. The Bertz CT molecular complexity index is 770. The number of benzene rings is 1. The maximum atomic E-state index is 12.1. The molecule has 0 aliphatic heterocycles. The minimum absolute atomic E-state index is 0.138. The van der Waals surface area contributed by atoms with E-state index in [4.69, 9.17) is 21.3 Å². The molecule has 1 saturated carbocycles. The van der Waals surface area contributed by atoms with Crippen LogP contribution >= 0.6 is 11.6 Å². The van der Waals surface area contributed by atoms with Crippen molar-refractivity contribution in [2.45, 2.75) is 51.6 Å². The zero-order valence-electron chi connectivity index (χ0n) is 15.8. The van der Waals surface area contributed by atoms with Crippen molar-refractivity contribution in [1.82, 2.24) is 5.32 Å². The van der Waals surface area contributed by atoms with E-state index in [1.54, 1.807) is 0 Å². The molecule has 27 heavy (non-hydrogen) atoms. The van der Waals surface area contributed by atoms with Gasteiger partial charge in [0.2, 0.25) is 5.91 Å². The van der Waals surface area contributed by atoms with Gasteiger partial charge in [-0.25, -0.2) is 4.79 Å². The number of hydrogen-bond donors (Lipinski definition) is 1. The molecule has 1 aromatic rings. The highest BCUT2D eigenvalue weighted by molar-refractivity contribution is 6.30. The number of carbonyl (C=O) groups excluding carboxylic acids is 2. The third-order valence-electron chi connectivity index (χ3n) is 4.90. The normalized spacial score (nSPS) is 22.7. The molecule has 1 aliphatic rings. The molecule has 0 unspecified atom stereocenters. The molecule has 0 bridgehead atoms. The lowest BCUT2D eigenvalue weighted by Crippen LogP contribution is -2.45. The van der Waals surface area contributed by atoms with Crippen molar-refractivity contribution >= 4 is 29.2 Å². The molecule has 1 aliphatic carbocycles. The summed E-state index contributed by atoms with van der Waals surface area (Å²) >= 11 is 5.94. The van der Waals surface area contributed by atoms with Crippen LogP contribution in [0.3, 0.4) is 0 Å². The van der Waals surface area contributed by atoms with Crippen LogP contribution in [0.4, 0.5) is 0 Å². The number of methoxy groups -OCH3 is 1. The van der Waals surface area contributed by atoms with Crippen LogP contribution < -0.4 is 5.32 Å². The highest BCUT2D eigenvalue weighted by atomic mass is 35.5. The molecule has 0 saturated heterocycles. The number of ether oxygens (including phenoxy) is 1. The van der Waals surface area contributed by atoms with Gasteiger partial charge in [0.15, 0.2) is 0 Å². The number of carbonyl (C=O) groups is 2. The van der Waals surface area contributed by atoms with E-state index < -0.39 is 17.4 Å². The average molecular weight is 390 g/mol. The smallest absolute Gasteiger partial charge is 0.328 e. The van der Waals surface area contributed by atoms with Crippen LogP contribution in [0.15, 0.2) is 29.3 Å². The van der Waals surface area contributed by atoms with Crippen LogP contribution in [0.25, 0.3) is 0 Å². The molecule has 3 atom stereocenters. The fourth-order valence-electron chi connectivity index (χ4n) is 3.49. The van der Waals surface area contributed by atoms with Crippen molar-refractivity contribution in [2.75, 3.05) is 7.11 Å². The standard InChI is InChI=1S/C20H24ClN3O3/c1-13(15-6-8-16(21)9-7-15)23-18-5-4-10-20(18,12-22)11-17(19(26)27-3)24-14(2)25/h6-9,13,17H,4-5,10-11H2,1-3H3,(H,24,25)/t13-,17+,20-/m1/s1. The molecular weight excluding hydrogens is 366 g/mol. The van der Waals surface area contributed by atoms with Gasteiger partial charge in [-0.15, -0.1) is 0 Å². The maximum Gasteiger partial charge on any atom is 0.328 e. The van der Waals surface area contributed by atoms with Crippen molar-refractivity contribution in [3.8, 4) is 6.07 Å². The first-order valence-corrected chi connectivity index (χ1v) is 9.28. The fourth-order valence-corrected chi connectivity index (χ4v) is 3.62. The summed E-state index contributed by atoms with van der Waals surface area (Å²) in [5, 5.41) is 13.2. The monoisotopic (exact) mass is 389 g/mol. The minimum Gasteiger partial charge on any atom is -0.467 e. The summed E-state index contributed by atoms with van der Waals surface area (Å²) < 4.78 is 4.79. The van der Waals surface area contributed by atoms with Gasteiger partial charge in [0.1, 0.15) is 6.04 Å². The SMILES string of the molecule is COC(=O)[C@H](C[C@@]1(C#N)CCCC1=N[C@H](C)c1ccc(Cl)cc1)NC(C)=O. The van der Waals surface area contributed by atoms with Gasteiger partial charge in [0.25, 0.3) is 0 Å². The first-order valence-electron chi connectivity index (χ1n) is 8.90. The molecule has 0 spiro atoms. The number of amides is 1. The first kappa shape index (κ1) is 20.9. The zero-order valence-corrected chi connectivity index (χ0v) is 16.5. The maximum absolute atomic E-state index is 12.1. The molecule has 1 amide bonds. The summed E-state index contributed by atoms with van der Waals surface area (Å²) in [5.41, 5.74) is 0.880. The summed E-state index contributed by atoms with van der Waals surface area (Å²) in [7, 11) is 1.27. The van der Waals surface area contributed by atoms with Crippen molar-refractivity contribution in [3.05, 3.63) is 34.9 Å². The lowest BCUT2D eigenvalue weighted by molar-refractivity contribution is -0.145. The zero-order chi connectivity index (χ0) is 20.0. The van der Waals surface area contributed by atoms with E-state index in [0.29, 0.717) is 17.9 Å². The van der Waals surface area contributed by atoms with Crippen LogP contribution in [0.1, 0.15) is 51.1 Å². The van der Waals surface area contributed by atoms with Gasteiger partial charge in [-0.3, -0.25) is 9.79 Å².